The monoisotopic (exact) mass is 399 g/mol. The van der Waals surface area contributed by atoms with Crippen LogP contribution in [0.2, 0.25) is 5.02 Å². The van der Waals surface area contributed by atoms with Crippen LogP contribution in [-0.2, 0) is 16.1 Å². The van der Waals surface area contributed by atoms with E-state index in [4.69, 9.17) is 21.1 Å². The number of esters is 1. The maximum absolute atomic E-state index is 11.6. The minimum Gasteiger partial charge on any atom is -0.480 e. The van der Waals surface area contributed by atoms with Gasteiger partial charge in [-0.15, -0.1) is 0 Å². The number of non-ortho nitro benzene ring substituents is 1. The molecule has 0 heterocycles. The Hall–Kier alpha value is -2.12. The zero-order valence-corrected chi connectivity index (χ0v) is 14.0. The largest absolute Gasteiger partial charge is 0.480 e. The third kappa shape index (κ3) is 5.22. The second-order valence-electron chi connectivity index (χ2n) is 4.45. The van der Waals surface area contributed by atoms with Crippen molar-refractivity contribution in [1.82, 2.24) is 0 Å². The number of halogens is 2. The number of nitrogens with zero attached hydrogens (tertiary/aromatic N) is 1. The van der Waals surface area contributed by atoms with Crippen molar-refractivity contribution in [2.45, 2.75) is 6.61 Å². The summed E-state index contributed by atoms with van der Waals surface area (Å²) in [7, 11) is 0. The molecule has 0 aliphatic heterocycles. The van der Waals surface area contributed by atoms with Crippen LogP contribution in [0, 0.1) is 10.1 Å². The summed E-state index contributed by atoms with van der Waals surface area (Å²) in [5.41, 5.74) is 0.624. The first kappa shape index (κ1) is 17.2. The van der Waals surface area contributed by atoms with E-state index in [9.17, 15) is 14.9 Å². The molecule has 0 saturated carbocycles. The van der Waals surface area contributed by atoms with Gasteiger partial charge in [0, 0.05) is 16.6 Å². The standard InChI is InChI=1S/C15H11BrClNO5/c16-11-3-6-14(13(17)7-11)22-9-15(19)23-8-10-1-4-12(5-2-10)18(20)21/h1-7H,8-9H2. The van der Waals surface area contributed by atoms with Crippen LogP contribution in [0.1, 0.15) is 5.56 Å². The number of benzene rings is 2. The van der Waals surface area contributed by atoms with E-state index in [0.717, 1.165) is 4.47 Å². The fraction of sp³-hybridized carbons (Fsp3) is 0.133. The third-order valence-electron chi connectivity index (χ3n) is 2.79. The molecule has 2 aromatic carbocycles. The Morgan fingerprint density at radius 3 is 2.52 bits per heavy atom. The normalized spacial score (nSPS) is 10.2. The highest BCUT2D eigenvalue weighted by atomic mass is 79.9. The van der Waals surface area contributed by atoms with Crippen molar-refractivity contribution in [2.75, 3.05) is 6.61 Å². The number of carbonyl (C=O) groups is 1. The van der Waals surface area contributed by atoms with Crippen molar-refractivity contribution in [2.24, 2.45) is 0 Å². The van der Waals surface area contributed by atoms with Crippen LogP contribution in [0.3, 0.4) is 0 Å². The summed E-state index contributed by atoms with van der Waals surface area (Å²) >= 11 is 9.23. The minimum atomic E-state index is -0.567. The van der Waals surface area contributed by atoms with E-state index in [-0.39, 0.29) is 18.9 Å². The molecule has 120 valence electrons. The van der Waals surface area contributed by atoms with Gasteiger partial charge in [0.15, 0.2) is 6.61 Å². The predicted molar refractivity (Wildman–Crippen MR) is 87.5 cm³/mol. The Bertz CT molecular complexity index is 720. The second kappa shape index (κ2) is 7.94. The summed E-state index contributed by atoms with van der Waals surface area (Å²) in [6.45, 7) is -0.275. The molecular weight excluding hydrogens is 390 g/mol. The first-order valence-electron chi connectivity index (χ1n) is 6.42. The molecule has 0 aliphatic carbocycles. The van der Waals surface area contributed by atoms with E-state index < -0.39 is 10.9 Å². The van der Waals surface area contributed by atoms with Crippen LogP contribution in [0.5, 0.6) is 5.75 Å². The zero-order chi connectivity index (χ0) is 16.8. The van der Waals surface area contributed by atoms with E-state index in [2.05, 4.69) is 15.9 Å². The molecule has 6 nitrogen and oxygen atoms in total. The molecule has 2 aromatic rings. The molecule has 0 radical (unpaired) electrons. The molecule has 0 aromatic heterocycles. The lowest BCUT2D eigenvalue weighted by Crippen LogP contribution is -2.14. The van der Waals surface area contributed by atoms with Gasteiger partial charge in [0.1, 0.15) is 12.4 Å². The molecule has 8 heteroatoms. The fourth-order valence-corrected chi connectivity index (χ4v) is 2.38. The van der Waals surface area contributed by atoms with E-state index >= 15 is 0 Å². The molecular formula is C15H11BrClNO5. The SMILES string of the molecule is O=C(COc1ccc(Br)cc1Cl)OCc1ccc([N+](=O)[O-])cc1. The van der Waals surface area contributed by atoms with Gasteiger partial charge >= 0.3 is 5.97 Å². The van der Waals surface area contributed by atoms with Gasteiger partial charge in [-0.2, -0.15) is 0 Å². The number of ether oxygens (including phenoxy) is 2. The highest BCUT2D eigenvalue weighted by Gasteiger charge is 2.09. The van der Waals surface area contributed by atoms with Crippen molar-refractivity contribution < 1.29 is 19.2 Å². The Kier molecular flexibility index (Phi) is 5.95. The fourth-order valence-electron chi connectivity index (χ4n) is 1.65. The molecule has 0 saturated heterocycles. The van der Waals surface area contributed by atoms with Gasteiger partial charge in [-0.25, -0.2) is 4.79 Å². The summed E-state index contributed by atoms with van der Waals surface area (Å²) in [6.07, 6.45) is 0. The predicted octanol–water partition coefficient (Wildman–Crippen LogP) is 4.13. The zero-order valence-electron chi connectivity index (χ0n) is 11.7. The Morgan fingerprint density at radius 2 is 1.91 bits per heavy atom. The maximum atomic E-state index is 11.6. The van der Waals surface area contributed by atoms with Crippen LogP contribution < -0.4 is 4.74 Å². The number of nitro groups is 1. The van der Waals surface area contributed by atoms with Crippen LogP contribution >= 0.6 is 27.5 Å². The second-order valence-corrected chi connectivity index (χ2v) is 5.77. The average Bonchev–Trinajstić information content (AvgIpc) is 2.52. The Balaban J connectivity index is 1.82. The summed E-state index contributed by atoms with van der Waals surface area (Å²) in [4.78, 5) is 21.7. The van der Waals surface area contributed by atoms with Crippen LogP contribution in [0.25, 0.3) is 0 Å². The van der Waals surface area contributed by atoms with E-state index in [1.54, 1.807) is 18.2 Å². The summed E-state index contributed by atoms with van der Waals surface area (Å²) in [5.74, 6) is -0.190. The number of hydrogen-bond donors (Lipinski definition) is 0. The van der Waals surface area contributed by atoms with Gasteiger partial charge < -0.3 is 9.47 Å². The number of carbonyl (C=O) groups excluding carboxylic acids is 1. The average molecular weight is 401 g/mol. The summed E-state index contributed by atoms with van der Waals surface area (Å²) in [6, 6.07) is 10.8. The van der Waals surface area contributed by atoms with Crippen LogP contribution in [0.4, 0.5) is 5.69 Å². The van der Waals surface area contributed by atoms with E-state index in [1.807, 2.05) is 0 Å². The Morgan fingerprint density at radius 1 is 1.22 bits per heavy atom. The molecule has 0 aliphatic rings. The van der Waals surface area contributed by atoms with E-state index in [0.29, 0.717) is 16.3 Å². The molecule has 0 unspecified atom stereocenters. The van der Waals surface area contributed by atoms with Gasteiger partial charge in [0.25, 0.3) is 5.69 Å². The lowest BCUT2D eigenvalue weighted by atomic mass is 10.2. The van der Waals surface area contributed by atoms with Crippen molar-refractivity contribution in [3.63, 3.8) is 0 Å². The molecule has 0 atom stereocenters. The smallest absolute Gasteiger partial charge is 0.344 e. The summed E-state index contributed by atoms with van der Waals surface area (Å²) < 4.78 is 11.1. The van der Waals surface area contributed by atoms with Crippen LogP contribution in [-0.4, -0.2) is 17.5 Å². The first-order chi connectivity index (χ1) is 11.0. The van der Waals surface area contributed by atoms with Crippen LogP contribution in [0.15, 0.2) is 46.9 Å². The van der Waals surface area contributed by atoms with Gasteiger partial charge in [0.2, 0.25) is 0 Å². The molecule has 2 rings (SSSR count). The van der Waals surface area contributed by atoms with Crippen molar-refractivity contribution in [3.05, 3.63) is 67.6 Å². The van der Waals surface area contributed by atoms with Gasteiger partial charge in [-0.1, -0.05) is 27.5 Å². The maximum Gasteiger partial charge on any atom is 0.344 e. The van der Waals surface area contributed by atoms with Crippen molar-refractivity contribution >= 4 is 39.2 Å². The minimum absolute atomic E-state index is 0.00819. The van der Waals surface area contributed by atoms with Crippen molar-refractivity contribution in [1.29, 1.82) is 0 Å². The first-order valence-corrected chi connectivity index (χ1v) is 7.59. The third-order valence-corrected chi connectivity index (χ3v) is 3.58. The molecule has 0 N–H and O–H groups in total. The highest BCUT2D eigenvalue weighted by molar-refractivity contribution is 9.10. The van der Waals surface area contributed by atoms with E-state index in [1.165, 1.54) is 24.3 Å². The van der Waals surface area contributed by atoms with Crippen molar-refractivity contribution in [3.8, 4) is 5.75 Å². The molecule has 0 fully saturated rings. The molecule has 23 heavy (non-hydrogen) atoms. The number of nitro benzene ring substituents is 1. The molecule has 0 spiro atoms. The lowest BCUT2D eigenvalue weighted by Gasteiger charge is -2.08. The highest BCUT2D eigenvalue weighted by Crippen LogP contribution is 2.27. The van der Waals surface area contributed by atoms with Gasteiger partial charge in [0.05, 0.1) is 9.95 Å². The van der Waals surface area contributed by atoms with Gasteiger partial charge in [-0.05, 0) is 35.9 Å². The quantitative estimate of drug-likeness (QED) is 0.414. The Labute approximate surface area is 145 Å². The number of rotatable bonds is 6. The number of hydrogen-bond acceptors (Lipinski definition) is 5. The molecule has 0 amide bonds. The molecule has 0 bridgehead atoms. The topological polar surface area (TPSA) is 78.7 Å². The van der Waals surface area contributed by atoms with Gasteiger partial charge in [-0.3, -0.25) is 10.1 Å². The summed E-state index contributed by atoms with van der Waals surface area (Å²) in [5, 5.41) is 10.9. The lowest BCUT2D eigenvalue weighted by molar-refractivity contribution is -0.384.